The molecule has 1 aliphatic carbocycles. The van der Waals surface area contributed by atoms with Crippen molar-refractivity contribution in [2.75, 3.05) is 0 Å². The average Bonchev–Trinajstić information content (AvgIpc) is 2.67. The number of fused-ring (bicyclic) bond motifs is 1. The molecule has 1 atom stereocenters. The molecule has 3 aromatic carbocycles. The molecule has 0 heterocycles. The number of rotatable bonds is 3. The molecule has 0 radical (unpaired) electrons. The summed E-state index contributed by atoms with van der Waals surface area (Å²) in [4.78, 5) is 0. The van der Waals surface area contributed by atoms with Crippen LogP contribution >= 0.6 is 0 Å². The van der Waals surface area contributed by atoms with Gasteiger partial charge in [-0.3, -0.25) is 0 Å². The first-order valence-corrected chi connectivity index (χ1v) is 11.9. The standard InChI is InChI=1S/C25H26Si/c1-25(2)18-16-22(17-19-25)26(3,21-12-5-4-6-13-21)24-15-9-11-20-10-7-8-14-23(20)24/h4-18H,19H2,1-3H3. The summed E-state index contributed by atoms with van der Waals surface area (Å²) in [6, 6.07) is 26.8. The molecule has 0 aromatic heterocycles. The van der Waals surface area contributed by atoms with Gasteiger partial charge in [0, 0.05) is 0 Å². The van der Waals surface area contributed by atoms with Crippen molar-refractivity contribution in [2.45, 2.75) is 26.8 Å². The summed E-state index contributed by atoms with van der Waals surface area (Å²) >= 11 is 0. The van der Waals surface area contributed by atoms with Crippen LogP contribution in [-0.2, 0) is 0 Å². The van der Waals surface area contributed by atoms with Gasteiger partial charge >= 0.3 is 0 Å². The highest BCUT2D eigenvalue weighted by Crippen LogP contribution is 2.32. The van der Waals surface area contributed by atoms with Crippen LogP contribution in [0.5, 0.6) is 0 Å². The predicted octanol–water partition coefficient (Wildman–Crippen LogP) is 5.48. The van der Waals surface area contributed by atoms with E-state index in [1.165, 1.54) is 26.3 Å². The minimum Gasteiger partial charge on any atom is -0.0837 e. The van der Waals surface area contributed by atoms with E-state index < -0.39 is 8.07 Å². The zero-order chi connectivity index (χ0) is 18.2. The summed E-state index contributed by atoms with van der Waals surface area (Å²) in [6.45, 7) is 7.14. The van der Waals surface area contributed by atoms with Gasteiger partial charge in [-0.15, -0.1) is 0 Å². The molecule has 0 fully saturated rings. The van der Waals surface area contributed by atoms with E-state index in [0.29, 0.717) is 0 Å². The summed E-state index contributed by atoms with van der Waals surface area (Å²) in [6.07, 6.45) is 8.42. The average molecular weight is 355 g/mol. The summed E-state index contributed by atoms with van der Waals surface area (Å²) in [5.41, 5.74) is 0.258. The monoisotopic (exact) mass is 354 g/mol. The maximum atomic E-state index is 2.51. The topological polar surface area (TPSA) is 0 Å². The zero-order valence-corrected chi connectivity index (χ0v) is 16.9. The minimum absolute atomic E-state index is 0.258. The van der Waals surface area contributed by atoms with Gasteiger partial charge in [0.2, 0.25) is 0 Å². The second kappa shape index (κ2) is 6.41. The van der Waals surface area contributed by atoms with E-state index in [0.717, 1.165) is 6.42 Å². The van der Waals surface area contributed by atoms with Crippen molar-refractivity contribution in [3.63, 3.8) is 0 Å². The molecule has 0 saturated heterocycles. The van der Waals surface area contributed by atoms with Crippen LogP contribution in [0.2, 0.25) is 6.55 Å². The Labute approximate surface area is 157 Å². The molecule has 1 heteroatoms. The molecular formula is C25H26Si. The second-order valence-electron chi connectivity index (χ2n) is 8.20. The van der Waals surface area contributed by atoms with Gasteiger partial charge in [-0.2, -0.15) is 0 Å². The molecule has 3 aromatic rings. The lowest BCUT2D eigenvalue weighted by atomic mass is 9.86. The summed E-state index contributed by atoms with van der Waals surface area (Å²) < 4.78 is 0. The molecule has 0 spiro atoms. The predicted molar refractivity (Wildman–Crippen MR) is 117 cm³/mol. The molecule has 1 aliphatic rings. The molecule has 0 amide bonds. The molecular weight excluding hydrogens is 328 g/mol. The van der Waals surface area contributed by atoms with Gasteiger partial charge in [-0.05, 0) is 33.0 Å². The van der Waals surface area contributed by atoms with E-state index in [2.05, 4.69) is 111 Å². The largest absolute Gasteiger partial charge is 0.145 e. The highest BCUT2D eigenvalue weighted by atomic mass is 28.3. The molecule has 26 heavy (non-hydrogen) atoms. The zero-order valence-electron chi connectivity index (χ0n) is 15.9. The van der Waals surface area contributed by atoms with E-state index >= 15 is 0 Å². The smallest absolute Gasteiger partial charge is 0.0837 e. The van der Waals surface area contributed by atoms with Crippen LogP contribution in [0.15, 0.2) is 96.2 Å². The summed E-state index contributed by atoms with van der Waals surface area (Å²) in [7, 11) is -2.05. The number of hydrogen-bond donors (Lipinski definition) is 0. The third-order valence-electron chi connectivity index (χ3n) is 5.82. The van der Waals surface area contributed by atoms with Crippen molar-refractivity contribution in [3.8, 4) is 0 Å². The lowest BCUT2D eigenvalue weighted by molar-refractivity contribution is 0.483. The highest BCUT2D eigenvalue weighted by molar-refractivity contribution is 7.08. The van der Waals surface area contributed by atoms with Crippen LogP contribution in [0.4, 0.5) is 0 Å². The van der Waals surface area contributed by atoms with E-state index in [-0.39, 0.29) is 5.41 Å². The Morgan fingerprint density at radius 3 is 2.23 bits per heavy atom. The van der Waals surface area contributed by atoms with Gasteiger partial charge in [0.05, 0.1) is 0 Å². The first kappa shape index (κ1) is 17.1. The molecule has 1 unspecified atom stereocenters. The van der Waals surface area contributed by atoms with Crippen molar-refractivity contribution in [1.29, 1.82) is 0 Å². The van der Waals surface area contributed by atoms with E-state index in [1.807, 2.05) is 0 Å². The quantitative estimate of drug-likeness (QED) is 0.546. The van der Waals surface area contributed by atoms with Crippen LogP contribution in [0.25, 0.3) is 10.8 Å². The Morgan fingerprint density at radius 1 is 0.808 bits per heavy atom. The number of hydrogen-bond acceptors (Lipinski definition) is 0. The fraction of sp³-hybridized carbons (Fsp3) is 0.200. The number of allylic oxidation sites excluding steroid dienone is 4. The fourth-order valence-electron chi connectivity index (χ4n) is 4.11. The van der Waals surface area contributed by atoms with Crippen molar-refractivity contribution in [2.24, 2.45) is 5.41 Å². The normalized spacial score (nSPS) is 18.3. The highest BCUT2D eigenvalue weighted by Gasteiger charge is 2.37. The van der Waals surface area contributed by atoms with E-state index in [1.54, 1.807) is 0 Å². The van der Waals surface area contributed by atoms with Crippen molar-refractivity contribution < 1.29 is 0 Å². The van der Waals surface area contributed by atoms with Gasteiger partial charge in [-0.1, -0.05) is 117 Å². The molecule has 130 valence electrons. The van der Waals surface area contributed by atoms with E-state index in [9.17, 15) is 0 Å². The lowest BCUT2D eigenvalue weighted by Crippen LogP contribution is -2.57. The Kier molecular flexibility index (Phi) is 4.20. The third kappa shape index (κ3) is 2.87. The maximum absolute atomic E-state index is 2.51. The Morgan fingerprint density at radius 2 is 1.50 bits per heavy atom. The Bertz CT molecular complexity index is 990. The van der Waals surface area contributed by atoms with Crippen molar-refractivity contribution >= 4 is 29.2 Å². The van der Waals surface area contributed by atoms with Crippen molar-refractivity contribution in [1.82, 2.24) is 0 Å². The molecule has 0 N–H and O–H groups in total. The third-order valence-corrected chi connectivity index (χ3v) is 10.3. The van der Waals surface area contributed by atoms with Gasteiger partial charge < -0.3 is 0 Å². The Hall–Kier alpha value is -2.38. The van der Waals surface area contributed by atoms with Crippen LogP contribution < -0.4 is 10.4 Å². The fourth-order valence-corrected chi connectivity index (χ4v) is 8.04. The van der Waals surface area contributed by atoms with Crippen LogP contribution in [0, 0.1) is 5.41 Å². The SMILES string of the molecule is CC1(C)C=CC([Si](C)(c2ccccc2)c2cccc3ccccc23)=CC1. The molecule has 0 nitrogen and oxygen atoms in total. The summed E-state index contributed by atoms with van der Waals surface area (Å²) in [5.74, 6) is 0. The van der Waals surface area contributed by atoms with Gasteiger partial charge in [0.1, 0.15) is 8.07 Å². The van der Waals surface area contributed by atoms with Crippen LogP contribution in [-0.4, -0.2) is 8.07 Å². The second-order valence-corrected chi connectivity index (χ2v) is 12.1. The first-order valence-electron chi connectivity index (χ1n) is 9.44. The van der Waals surface area contributed by atoms with E-state index in [4.69, 9.17) is 0 Å². The number of benzene rings is 3. The summed E-state index contributed by atoms with van der Waals surface area (Å²) in [5, 5.41) is 7.25. The van der Waals surface area contributed by atoms with Crippen LogP contribution in [0.1, 0.15) is 20.3 Å². The minimum atomic E-state index is -2.05. The van der Waals surface area contributed by atoms with Gasteiger partial charge in [0.15, 0.2) is 0 Å². The maximum Gasteiger partial charge on any atom is 0.145 e. The van der Waals surface area contributed by atoms with Crippen molar-refractivity contribution in [3.05, 3.63) is 96.2 Å². The first-order chi connectivity index (χ1) is 12.5. The Balaban J connectivity index is 1.98. The molecule has 4 rings (SSSR count). The lowest BCUT2D eigenvalue weighted by Gasteiger charge is -2.35. The molecule has 0 aliphatic heterocycles. The van der Waals surface area contributed by atoms with Crippen LogP contribution in [0.3, 0.4) is 0 Å². The van der Waals surface area contributed by atoms with Gasteiger partial charge in [0.25, 0.3) is 0 Å². The van der Waals surface area contributed by atoms with Gasteiger partial charge in [-0.25, -0.2) is 0 Å². The molecule has 0 saturated carbocycles. The molecule has 0 bridgehead atoms.